The van der Waals surface area contributed by atoms with E-state index in [1.807, 2.05) is 41.6 Å². The smallest absolute Gasteiger partial charge is 0.241 e. The minimum atomic E-state index is 0.171. The first kappa shape index (κ1) is 20.6. The lowest BCUT2D eigenvalue weighted by atomic mass is 10.2. The fraction of sp³-hybridized carbons (Fsp3) is 0.429. The van der Waals surface area contributed by atoms with Crippen LogP contribution < -0.4 is 0 Å². The molecule has 158 valence electrons. The maximum absolute atomic E-state index is 12.6. The average molecular weight is 429 g/mol. The fourth-order valence-electron chi connectivity index (χ4n) is 3.64. The van der Waals surface area contributed by atoms with Crippen LogP contribution in [0.25, 0.3) is 11.4 Å². The normalized spacial score (nSPS) is 15.0. The summed E-state index contributed by atoms with van der Waals surface area (Å²) in [7, 11) is 0. The molecule has 3 aromatic rings. The monoisotopic (exact) mass is 428 g/mol. The summed E-state index contributed by atoms with van der Waals surface area (Å²) in [5.74, 6) is 1.30. The van der Waals surface area contributed by atoms with Crippen molar-refractivity contribution >= 4 is 17.5 Å². The van der Waals surface area contributed by atoms with Crippen LogP contribution >= 0.6 is 11.6 Å². The van der Waals surface area contributed by atoms with Gasteiger partial charge in [-0.1, -0.05) is 16.8 Å². The van der Waals surface area contributed by atoms with Crippen LogP contribution in [0, 0.1) is 13.8 Å². The van der Waals surface area contributed by atoms with E-state index in [1.54, 1.807) is 12.1 Å². The first-order chi connectivity index (χ1) is 14.5. The Morgan fingerprint density at radius 2 is 1.87 bits per heavy atom. The summed E-state index contributed by atoms with van der Waals surface area (Å²) in [6.07, 6.45) is 0.468. The third kappa shape index (κ3) is 4.88. The number of halogens is 1. The third-order valence-electron chi connectivity index (χ3n) is 5.30. The first-order valence-electron chi connectivity index (χ1n) is 10.1. The quantitative estimate of drug-likeness (QED) is 0.600. The molecule has 0 radical (unpaired) electrons. The fourth-order valence-corrected chi connectivity index (χ4v) is 3.77. The third-order valence-corrected chi connectivity index (χ3v) is 5.55. The summed E-state index contributed by atoms with van der Waals surface area (Å²) in [4.78, 5) is 21.2. The summed E-state index contributed by atoms with van der Waals surface area (Å²) < 4.78 is 7.30. The van der Waals surface area contributed by atoms with Crippen LogP contribution in [0.3, 0.4) is 0 Å². The summed E-state index contributed by atoms with van der Waals surface area (Å²) in [5, 5.41) is 9.15. The van der Waals surface area contributed by atoms with Gasteiger partial charge >= 0.3 is 0 Å². The zero-order valence-electron chi connectivity index (χ0n) is 17.2. The minimum Gasteiger partial charge on any atom is -0.340 e. The van der Waals surface area contributed by atoms with Crippen molar-refractivity contribution in [3.8, 4) is 11.4 Å². The Bertz CT molecular complexity index is 1000. The van der Waals surface area contributed by atoms with Crippen molar-refractivity contribution in [1.82, 2.24) is 29.7 Å². The number of aromatic nitrogens is 4. The van der Waals surface area contributed by atoms with Gasteiger partial charge < -0.3 is 9.42 Å². The second-order valence-electron chi connectivity index (χ2n) is 7.58. The predicted molar refractivity (Wildman–Crippen MR) is 113 cm³/mol. The molecular formula is C21H25ClN6O2. The highest BCUT2D eigenvalue weighted by molar-refractivity contribution is 6.30. The Balaban J connectivity index is 1.25. The van der Waals surface area contributed by atoms with Gasteiger partial charge in [-0.15, -0.1) is 0 Å². The number of carbonyl (C=O) groups is 1. The SMILES string of the molecule is Cc1cc(C)n(CCC(=O)N2CCN(Cc3nc(-c4ccc(Cl)cc4)no3)CC2)n1. The molecule has 1 aliphatic rings. The molecule has 0 spiro atoms. The van der Waals surface area contributed by atoms with Gasteiger partial charge in [-0.25, -0.2) is 0 Å². The molecule has 30 heavy (non-hydrogen) atoms. The number of rotatable bonds is 6. The molecule has 1 aliphatic heterocycles. The van der Waals surface area contributed by atoms with Crippen molar-refractivity contribution in [3.05, 3.63) is 52.6 Å². The Labute approximate surface area is 180 Å². The highest BCUT2D eigenvalue weighted by Crippen LogP contribution is 2.19. The molecule has 1 saturated heterocycles. The van der Waals surface area contributed by atoms with Crippen LogP contribution in [0.4, 0.5) is 0 Å². The molecule has 0 saturated carbocycles. The molecule has 1 fully saturated rings. The Hall–Kier alpha value is -2.71. The van der Waals surface area contributed by atoms with E-state index in [4.69, 9.17) is 16.1 Å². The van der Waals surface area contributed by atoms with Crippen LogP contribution in [-0.4, -0.2) is 61.8 Å². The highest BCUT2D eigenvalue weighted by atomic mass is 35.5. The summed E-state index contributed by atoms with van der Waals surface area (Å²) in [6.45, 7) is 8.14. The lowest BCUT2D eigenvalue weighted by Gasteiger charge is -2.34. The van der Waals surface area contributed by atoms with Crippen molar-refractivity contribution in [2.24, 2.45) is 0 Å². The van der Waals surface area contributed by atoms with E-state index >= 15 is 0 Å². The molecule has 3 heterocycles. The summed E-state index contributed by atoms with van der Waals surface area (Å²) in [5.41, 5.74) is 2.93. The van der Waals surface area contributed by atoms with Gasteiger partial charge in [0.25, 0.3) is 0 Å². The molecule has 0 bridgehead atoms. The average Bonchev–Trinajstić information content (AvgIpc) is 3.33. The van der Waals surface area contributed by atoms with Crippen molar-refractivity contribution in [2.45, 2.75) is 33.4 Å². The second kappa shape index (κ2) is 8.97. The summed E-state index contributed by atoms with van der Waals surface area (Å²) in [6, 6.07) is 9.37. The molecular weight excluding hydrogens is 404 g/mol. The van der Waals surface area contributed by atoms with Crippen LogP contribution in [0.15, 0.2) is 34.9 Å². The molecule has 4 rings (SSSR count). The topological polar surface area (TPSA) is 80.3 Å². The number of benzene rings is 1. The van der Waals surface area contributed by atoms with Crippen LogP contribution in [0.2, 0.25) is 5.02 Å². The number of aryl methyl sites for hydroxylation is 3. The molecule has 0 N–H and O–H groups in total. The van der Waals surface area contributed by atoms with Crippen LogP contribution in [0.5, 0.6) is 0 Å². The molecule has 0 atom stereocenters. The Morgan fingerprint density at radius 3 is 2.53 bits per heavy atom. The van der Waals surface area contributed by atoms with E-state index in [1.165, 1.54) is 0 Å². The zero-order chi connectivity index (χ0) is 21.1. The van der Waals surface area contributed by atoms with E-state index in [2.05, 4.69) is 20.1 Å². The number of amides is 1. The molecule has 1 amide bonds. The van der Waals surface area contributed by atoms with Crippen molar-refractivity contribution < 1.29 is 9.32 Å². The highest BCUT2D eigenvalue weighted by Gasteiger charge is 2.22. The molecule has 8 nitrogen and oxygen atoms in total. The summed E-state index contributed by atoms with van der Waals surface area (Å²) >= 11 is 5.92. The number of hydrogen-bond acceptors (Lipinski definition) is 6. The van der Waals surface area contributed by atoms with Gasteiger partial charge in [0.1, 0.15) is 0 Å². The van der Waals surface area contributed by atoms with E-state index in [0.29, 0.717) is 49.3 Å². The van der Waals surface area contributed by atoms with Gasteiger partial charge in [-0.3, -0.25) is 14.4 Å². The lowest BCUT2D eigenvalue weighted by Crippen LogP contribution is -2.48. The maximum Gasteiger partial charge on any atom is 0.241 e. The van der Waals surface area contributed by atoms with E-state index < -0.39 is 0 Å². The minimum absolute atomic E-state index is 0.171. The van der Waals surface area contributed by atoms with E-state index in [-0.39, 0.29) is 5.91 Å². The van der Waals surface area contributed by atoms with Crippen molar-refractivity contribution in [2.75, 3.05) is 26.2 Å². The first-order valence-corrected chi connectivity index (χ1v) is 10.5. The molecule has 9 heteroatoms. The number of carbonyl (C=O) groups excluding carboxylic acids is 1. The number of nitrogens with zero attached hydrogens (tertiary/aromatic N) is 6. The Morgan fingerprint density at radius 1 is 1.13 bits per heavy atom. The van der Waals surface area contributed by atoms with Gasteiger partial charge in [0.15, 0.2) is 0 Å². The van der Waals surface area contributed by atoms with Gasteiger partial charge in [0, 0.05) is 55.4 Å². The van der Waals surface area contributed by atoms with Crippen molar-refractivity contribution in [3.63, 3.8) is 0 Å². The number of piperazine rings is 1. The van der Waals surface area contributed by atoms with Gasteiger partial charge in [-0.05, 0) is 44.2 Å². The van der Waals surface area contributed by atoms with E-state index in [9.17, 15) is 4.79 Å². The van der Waals surface area contributed by atoms with Gasteiger partial charge in [0.05, 0.1) is 12.2 Å². The van der Waals surface area contributed by atoms with Crippen LogP contribution in [0.1, 0.15) is 23.7 Å². The lowest BCUT2D eigenvalue weighted by molar-refractivity contribution is -0.133. The second-order valence-corrected chi connectivity index (χ2v) is 8.01. The van der Waals surface area contributed by atoms with Gasteiger partial charge in [-0.2, -0.15) is 10.1 Å². The standard InChI is InChI=1S/C21H25ClN6O2/c1-15-13-16(2)28(24-15)8-7-20(29)27-11-9-26(10-12-27)14-19-23-21(25-30-19)17-3-5-18(22)6-4-17/h3-6,13H,7-12,14H2,1-2H3. The number of hydrogen-bond donors (Lipinski definition) is 0. The van der Waals surface area contributed by atoms with Crippen molar-refractivity contribution in [1.29, 1.82) is 0 Å². The molecule has 0 aliphatic carbocycles. The Kier molecular flexibility index (Phi) is 6.15. The van der Waals surface area contributed by atoms with E-state index in [0.717, 1.165) is 30.0 Å². The molecule has 2 aromatic heterocycles. The zero-order valence-corrected chi connectivity index (χ0v) is 18.0. The van der Waals surface area contributed by atoms with Crippen LogP contribution in [-0.2, 0) is 17.9 Å². The largest absolute Gasteiger partial charge is 0.340 e. The van der Waals surface area contributed by atoms with Gasteiger partial charge in [0.2, 0.25) is 17.6 Å². The molecule has 0 unspecified atom stereocenters. The predicted octanol–water partition coefficient (Wildman–Crippen LogP) is 2.94. The molecule has 1 aromatic carbocycles. The maximum atomic E-state index is 12.6.